The van der Waals surface area contributed by atoms with Crippen LogP contribution >= 0.6 is 0 Å². The van der Waals surface area contributed by atoms with Crippen molar-refractivity contribution in [3.63, 3.8) is 0 Å². The maximum absolute atomic E-state index is 13.0. The van der Waals surface area contributed by atoms with Crippen molar-refractivity contribution < 1.29 is 42.9 Å². The van der Waals surface area contributed by atoms with Crippen LogP contribution < -0.4 is 5.11 Å². The van der Waals surface area contributed by atoms with E-state index in [4.69, 9.17) is 18.9 Å². The molecule has 0 radical (unpaired) electrons. The van der Waals surface area contributed by atoms with Gasteiger partial charge in [-0.3, -0.25) is 9.59 Å². The first kappa shape index (κ1) is 97.3. The Kier molecular flexibility index (Phi) is 80.5. The number of likely N-dealkylation sites (N-methyl/N-ethyl adjacent to an activating group) is 1. The molecule has 9 nitrogen and oxygen atoms in total. The molecule has 0 amide bonds. The molecule has 0 aromatic rings. The number of nitrogens with zero attached hydrogens (tertiary/aromatic N) is 1. The van der Waals surface area contributed by atoms with Gasteiger partial charge in [-0.1, -0.05) is 476 Å². The van der Waals surface area contributed by atoms with Gasteiger partial charge in [0.15, 0.2) is 12.4 Å². The lowest BCUT2D eigenvalue weighted by Crippen LogP contribution is -2.44. The zero-order valence-corrected chi connectivity index (χ0v) is 67.9. The van der Waals surface area contributed by atoms with E-state index >= 15 is 0 Å². The van der Waals surface area contributed by atoms with E-state index < -0.39 is 24.3 Å². The van der Waals surface area contributed by atoms with Crippen LogP contribution in [0.15, 0.2) is 0 Å². The van der Waals surface area contributed by atoms with Crippen LogP contribution in [0.5, 0.6) is 0 Å². The van der Waals surface area contributed by atoms with E-state index in [0.717, 1.165) is 38.5 Å². The number of aliphatic carboxylic acids is 1. The molecule has 0 N–H and O–H groups in total. The van der Waals surface area contributed by atoms with Gasteiger partial charge in [0.05, 0.1) is 40.3 Å². The Morgan fingerprint density at radius 2 is 0.455 bits per heavy atom. The predicted octanol–water partition coefficient (Wildman–Crippen LogP) is 27.9. The highest BCUT2D eigenvalue weighted by molar-refractivity contribution is 5.70. The predicted molar refractivity (Wildman–Crippen MR) is 427 cm³/mol. The van der Waals surface area contributed by atoms with Crippen LogP contribution in [0.25, 0.3) is 0 Å². The maximum Gasteiger partial charge on any atom is 0.306 e. The summed E-state index contributed by atoms with van der Waals surface area (Å²) < 4.78 is 22.9. The van der Waals surface area contributed by atoms with Gasteiger partial charge >= 0.3 is 11.9 Å². The van der Waals surface area contributed by atoms with Gasteiger partial charge in [0.25, 0.3) is 0 Å². The average molecular weight is 1400 g/mol. The minimum absolute atomic E-state index is 0.154. The van der Waals surface area contributed by atoms with Crippen molar-refractivity contribution in [3.8, 4) is 0 Å². The summed E-state index contributed by atoms with van der Waals surface area (Å²) in [5, 5.41) is 11.9. The number of carbonyl (C=O) groups excluding carboxylic acids is 3. The van der Waals surface area contributed by atoms with E-state index in [0.29, 0.717) is 17.4 Å². The van der Waals surface area contributed by atoms with Gasteiger partial charge in [0.1, 0.15) is 13.2 Å². The Morgan fingerprint density at radius 3 is 0.646 bits per heavy atom. The molecule has 0 aliphatic heterocycles. The van der Waals surface area contributed by atoms with E-state index in [9.17, 15) is 19.5 Å². The molecule has 0 aromatic heterocycles. The van der Waals surface area contributed by atoms with Gasteiger partial charge in [0.2, 0.25) is 0 Å². The van der Waals surface area contributed by atoms with Crippen molar-refractivity contribution in [1.29, 1.82) is 0 Å². The molecule has 0 heterocycles. The fourth-order valence-electron chi connectivity index (χ4n) is 14.5. The number of unbranched alkanes of at least 4 members (excludes halogenated alkanes) is 72. The Hall–Kier alpha value is -1.71. The number of esters is 2. The number of ether oxygens (including phenoxy) is 4. The van der Waals surface area contributed by atoms with Gasteiger partial charge in [0, 0.05) is 12.8 Å². The topological polar surface area (TPSA) is 111 Å². The smallest absolute Gasteiger partial charge is 0.306 e. The van der Waals surface area contributed by atoms with Crippen molar-refractivity contribution in [3.05, 3.63) is 0 Å². The van der Waals surface area contributed by atoms with E-state index in [-0.39, 0.29) is 32.2 Å². The third-order valence-electron chi connectivity index (χ3n) is 21.4. The van der Waals surface area contributed by atoms with Crippen molar-refractivity contribution in [2.24, 2.45) is 0 Å². The Balaban J connectivity index is 3.87. The van der Waals surface area contributed by atoms with Crippen molar-refractivity contribution in [2.75, 3.05) is 47.5 Å². The molecule has 0 aliphatic carbocycles. The molecule has 2 unspecified atom stereocenters. The zero-order chi connectivity index (χ0) is 71.8. The number of hydrogen-bond donors (Lipinski definition) is 0. The van der Waals surface area contributed by atoms with Crippen LogP contribution in [0.3, 0.4) is 0 Å². The van der Waals surface area contributed by atoms with Crippen molar-refractivity contribution in [2.45, 2.75) is 514 Å². The Bertz CT molecular complexity index is 1580. The number of quaternary nitrogens is 1. The summed E-state index contributed by atoms with van der Waals surface area (Å²) >= 11 is 0. The van der Waals surface area contributed by atoms with E-state index in [1.807, 2.05) is 21.1 Å². The Morgan fingerprint density at radius 1 is 0.263 bits per heavy atom. The fourth-order valence-corrected chi connectivity index (χ4v) is 14.5. The minimum Gasteiger partial charge on any atom is -0.545 e. The SMILES string of the molecule is CCCCCCCCCCCCCCCCCCCCCCCCCCCCCCCCCCCCCCCC(=O)OCC(COC(OCC[N+](C)(C)C)C(=O)[O-])OC(=O)CCCCCCCCCCCCCCCCCCCCCCCCCCCCCCCCCCCCCCC. The molecule has 0 rings (SSSR count). The minimum atomic E-state index is -1.62. The summed E-state index contributed by atoms with van der Waals surface area (Å²) in [6.07, 6.45) is 100. The third-order valence-corrected chi connectivity index (χ3v) is 21.4. The van der Waals surface area contributed by atoms with Crippen molar-refractivity contribution >= 4 is 17.9 Å². The van der Waals surface area contributed by atoms with Crippen LogP contribution in [-0.2, 0) is 33.3 Å². The molecule has 99 heavy (non-hydrogen) atoms. The zero-order valence-electron chi connectivity index (χ0n) is 67.9. The second kappa shape index (κ2) is 82.0. The molecule has 0 fully saturated rings. The summed E-state index contributed by atoms with van der Waals surface area (Å²) in [7, 11) is 5.96. The second-order valence-corrected chi connectivity index (χ2v) is 32.6. The lowest BCUT2D eigenvalue weighted by Gasteiger charge is -2.26. The molecule has 0 saturated heterocycles. The molecule has 0 bridgehead atoms. The summed E-state index contributed by atoms with van der Waals surface area (Å²) in [6.45, 7) is 4.87. The largest absolute Gasteiger partial charge is 0.545 e. The average Bonchev–Trinajstić information content (AvgIpc) is 1.41. The van der Waals surface area contributed by atoms with Gasteiger partial charge in [-0.25, -0.2) is 0 Å². The van der Waals surface area contributed by atoms with Gasteiger partial charge < -0.3 is 33.3 Å². The number of carbonyl (C=O) groups is 3. The maximum atomic E-state index is 13.0. The number of hydrogen-bond acceptors (Lipinski definition) is 8. The molecular formula is C90H177NO8. The van der Waals surface area contributed by atoms with Crippen LogP contribution in [0, 0.1) is 0 Å². The van der Waals surface area contributed by atoms with Crippen LogP contribution in [0.1, 0.15) is 502 Å². The van der Waals surface area contributed by atoms with Crippen molar-refractivity contribution in [1.82, 2.24) is 0 Å². The molecule has 0 spiro atoms. The van der Waals surface area contributed by atoms with Crippen LogP contribution in [0.4, 0.5) is 0 Å². The quantitative estimate of drug-likeness (QED) is 0.0256. The highest BCUT2D eigenvalue weighted by Crippen LogP contribution is 2.22. The third kappa shape index (κ3) is 83.4. The second-order valence-electron chi connectivity index (χ2n) is 32.6. The molecule has 0 saturated carbocycles. The summed E-state index contributed by atoms with van der Waals surface area (Å²) in [5.74, 6) is -2.24. The molecule has 0 aliphatic rings. The first-order valence-electron chi connectivity index (χ1n) is 45.2. The summed E-state index contributed by atoms with van der Waals surface area (Å²) in [5.41, 5.74) is 0. The molecule has 590 valence electrons. The number of rotatable bonds is 87. The first-order chi connectivity index (χ1) is 48.6. The van der Waals surface area contributed by atoms with Gasteiger partial charge in [-0.15, -0.1) is 0 Å². The summed E-state index contributed by atoms with van der Waals surface area (Å²) in [6, 6.07) is 0. The lowest BCUT2D eigenvalue weighted by molar-refractivity contribution is -0.870. The standard InChI is InChI=1S/C90H177NO8/c1-6-8-10-12-14-16-18-20-22-24-26-28-30-32-34-36-38-40-42-44-46-48-50-52-54-56-58-60-62-64-66-68-70-72-74-76-78-80-87(92)97-84-86(85-98-90(89(94)95)96-83-82-91(3,4)5)99-88(93)81-79-77-75-73-71-69-67-65-63-61-59-57-55-53-51-49-47-45-43-41-39-37-35-33-31-29-27-25-23-21-19-17-15-13-11-9-7-2/h86,90H,6-85H2,1-5H3. The van der Waals surface area contributed by atoms with E-state index in [1.165, 1.54) is 437 Å². The first-order valence-corrected chi connectivity index (χ1v) is 45.2. The molecule has 9 heteroatoms. The monoisotopic (exact) mass is 1400 g/mol. The van der Waals surface area contributed by atoms with Gasteiger partial charge in [-0.05, 0) is 12.8 Å². The normalized spacial score (nSPS) is 12.5. The van der Waals surface area contributed by atoms with E-state index in [1.54, 1.807) is 0 Å². The highest BCUT2D eigenvalue weighted by atomic mass is 16.7. The molecular weight excluding hydrogens is 1220 g/mol. The van der Waals surface area contributed by atoms with Gasteiger partial charge in [-0.2, -0.15) is 0 Å². The Labute approximate surface area is 619 Å². The van der Waals surface area contributed by atoms with Crippen LogP contribution in [-0.4, -0.2) is 82.3 Å². The number of carboxylic acids is 1. The van der Waals surface area contributed by atoms with E-state index in [2.05, 4.69) is 13.8 Å². The molecule has 0 aromatic carbocycles. The fraction of sp³-hybridized carbons (Fsp3) is 0.967. The summed E-state index contributed by atoms with van der Waals surface area (Å²) in [4.78, 5) is 37.7. The number of carboxylic acid groups (broad SMARTS) is 1. The molecule has 2 atom stereocenters. The van der Waals surface area contributed by atoms with Crippen LogP contribution in [0.2, 0.25) is 0 Å². The highest BCUT2D eigenvalue weighted by Gasteiger charge is 2.22. The lowest BCUT2D eigenvalue weighted by atomic mass is 10.0.